The largest absolute Gasteiger partial charge is 0.369 e. The first-order valence-electron chi connectivity index (χ1n) is 7.36. The third-order valence-corrected chi connectivity index (χ3v) is 3.62. The summed E-state index contributed by atoms with van der Waals surface area (Å²) in [6, 6.07) is 3.63. The minimum absolute atomic E-state index is 0.00657. The average Bonchev–Trinajstić information content (AvgIpc) is 2.99. The van der Waals surface area contributed by atoms with Gasteiger partial charge in [-0.2, -0.15) is 0 Å². The molecule has 0 aromatic carbocycles. The van der Waals surface area contributed by atoms with E-state index in [9.17, 15) is 4.79 Å². The van der Waals surface area contributed by atoms with Gasteiger partial charge in [-0.05, 0) is 32.9 Å². The van der Waals surface area contributed by atoms with Crippen LogP contribution in [0.15, 0.2) is 37.1 Å². The number of morpholine rings is 1. The molecular weight excluding hydrogens is 280 g/mol. The summed E-state index contributed by atoms with van der Waals surface area (Å²) >= 11 is 0. The molecule has 1 amide bonds. The second-order valence-electron chi connectivity index (χ2n) is 6.25. The number of nitrogens with zero attached hydrogens (tertiary/aromatic N) is 4. The second-order valence-corrected chi connectivity index (χ2v) is 6.25. The molecule has 0 bridgehead atoms. The third-order valence-electron chi connectivity index (χ3n) is 3.62. The Morgan fingerprint density at radius 2 is 2.23 bits per heavy atom. The first-order valence-corrected chi connectivity index (χ1v) is 7.36. The highest BCUT2D eigenvalue weighted by molar-refractivity contribution is 5.94. The van der Waals surface area contributed by atoms with Crippen LogP contribution in [0.4, 0.5) is 0 Å². The Hall–Kier alpha value is -2.21. The van der Waals surface area contributed by atoms with Gasteiger partial charge in [-0.15, -0.1) is 0 Å². The molecule has 1 aliphatic rings. The molecule has 0 N–H and O–H groups in total. The van der Waals surface area contributed by atoms with Gasteiger partial charge in [-0.1, -0.05) is 0 Å². The van der Waals surface area contributed by atoms with Gasteiger partial charge in [0, 0.05) is 31.7 Å². The highest BCUT2D eigenvalue weighted by atomic mass is 16.5. The number of pyridine rings is 1. The van der Waals surface area contributed by atoms with Crippen molar-refractivity contribution in [3.05, 3.63) is 42.6 Å². The molecule has 6 heteroatoms. The molecule has 2 aromatic heterocycles. The summed E-state index contributed by atoms with van der Waals surface area (Å²) in [7, 11) is 0. The van der Waals surface area contributed by atoms with E-state index >= 15 is 0 Å². The van der Waals surface area contributed by atoms with Crippen LogP contribution in [-0.4, -0.2) is 50.1 Å². The van der Waals surface area contributed by atoms with Crippen molar-refractivity contribution in [2.45, 2.75) is 32.5 Å². The number of imidazole rings is 1. The van der Waals surface area contributed by atoms with Gasteiger partial charge in [-0.25, -0.2) is 9.97 Å². The molecule has 0 saturated carbocycles. The van der Waals surface area contributed by atoms with Crippen molar-refractivity contribution in [2.75, 3.05) is 13.1 Å². The predicted molar refractivity (Wildman–Crippen MR) is 81.9 cm³/mol. The summed E-state index contributed by atoms with van der Waals surface area (Å²) in [6.45, 7) is 7.18. The molecule has 2 aromatic rings. The molecule has 22 heavy (non-hydrogen) atoms. The van der Waals surface area contributed by atoms with Crippen LogP contribution in [0.1, 0.15) is 31.1 Å². The van der Waals surface area contributed by atoms with Crippen LogP contribution in [0.3, 0.4) is 0 Å². The molecular formula is C16H20N4O2. The smallest absolute Gasteiger partial charge is 0.255 e. The standard InChI is InChI=1S/C16H20N4O2/c1-12-9-20(10-16(2,3)22-12)15(21)13-4-5-14(18-8-13)19-7-6-17-11-19/h4-8,11-12H,9-10H2,1-3H3/t12-/m0/s1. The summed E-state index contributed by atoms with van der Waals surface area (Å²) in [5.41, 5.74) is 0.270. The average molecular weight is 300 g/mol. The van der Waals surface area contributed by atoms with E-state index in [1.54, 1.807) is 29.4 Å². The zero-order chi connectivity index (χ0) is 15.7. The summed E-state index contributed by atoms with van der Waals surface area (Å²) in [4.78, 5) is 22.8. The highest BCUT2D eigenvalue weighted by Crippen LogP contribution is 2.22. The van der Waals surface area contributed by atoms with Crippen molar-refractivity contribution in [1.29, 1.82) is 0 Å². The van der Waals surface area contributed by atoms with E-state index in [-0.39, 0.29) is 17.6 Å². The summed E-state index contributed by atoms with van der Waals surface area (Å²) in [5.74, 6) is 0.734. The lowest BCUT2D eigenvalue weighted by molar-refractivity contribution is -0.118. The summed E-state index contributed by atoms with van der Waals surface area (Å²) < 4.78 is 7.64. The van der Waals surface area contributed by atoms with Crippen LogP contribution in [0, 0.1) is 0 Å². The Bertz CT molecular complexity index is 649. The van der Waals surface area contributed by atoms with Crippen molar-refractivity contribution < 1.29 is 9.53 Å². The number of rotatable bonds is 2. The Morgan fingerprint density at radius 1 is 1.41 bits per heavy atom. The maximum absolute atomic E-state index is 12.6. The van der Waals surface area contributed by atoms with E-state index in [0.717, 1.165) is 5.82 Å². The minimum Gasteiger partial charge on any atom is -0.369 e. The normalized spacial score (nSPS) is 20.9. The van der Waals surface area contributed by atoms with Gasteiger partial charge < -0.3 is 9.64 Å². The maximum Gasteiger partial charge on any atom is 0.255 e. The topological polar surface area (TPSA) is 60.2 Å². The molecule has 0 aliphatic carbocycles. The Morgan fingerprint density at radius 3 is 2.82 bits per heavy atom. The number of hydrogen-bond donors (Lipinski definition) is 0. The van der Waals surface area contributed by atoms with Gasteiger partial charge in [-0.3, -0.25) is 9.36 Å². The van der Waals surface area contributed by atoms with E-state index in [1.165, 1.54) is 0 Å². The molecule has 0 radical (unpaired) electrons. The second kappa shape index (κ2) is 5.53. The van der Waals surface area contributed by atoms with Crippen molar-refractivity contribution in [3.8, 4) is 5.82 Å². The first kappa shape index (κ1) is 14.7. The van der Waals surface area contributed by atoms with E-state index in [1.807, 2.05) is 37.9 Å². The van der Waals surface area contributed by atoms with E-state index in [4.69, 9.17) is 4.74 Å². The lowest BCUT2D eigenvalue weighted by atomic mass is 10.0. The van der Waals surface area contributed by atoms with E-state index in [2.05, 4.69) is 9.97 Å². The fraction of sp³-hybridized carbons (Fsp3) is 0.438. The van der Waals surface area contributed by atoms with Crippen LogP contribution in [0.5, 0.6) is 0 Å². The van der Waals surface area contributed by atoms with E-state index in [0.29, 0.717) is 18.7 Å². The molecule has 1 saturated heterocycles. The van der Waals surface area contributed by atoms with Gasteiger partial charge >= 0.3 is 0 Å². The number of carbonyl (C=O) groups is 1. The van der Waals surface area contributed by atoms with Gasteiger partial charge in [0.2, 0.25) is 0 Å². The van der Waals surface area contributed by atoms with Crippen LogP contribution in [0.25, 0.3) is 5.82 Å². The number of hydrogen-bond acceptors (Lipinski definition) is 4. The maximum atomic E-state index is 12.6. The Labute approximate surface area is 129 Å². The number of amides is 1. The fourth-order valence-corrected chi connectivity index (χ4v) is 2.85. The van der Waals surface area contributed by atoms with Gasteiger partial charge in [0.05, 0.1) is 17.3 Å². The molecule has 0 spiro atoms. The third kappa shape index (κ3) is 3.01. The molecule has 116 valence electrons. The summed E-state index contributed by atoms with van der Waals surface area (Å²) in [5, 5.41) is 0. The van der Waals surface area contributed by atoms with Crippen LogP contribution in [0.2, 0.25) is 0 Å². The lowest BCUT2D eigenvalue weighted by Crippen LogP contribution is -2.53. The van der Waals surface area contributed by atoms with Gasteiger partial charge in [0.15, 0.2) is 0 Å². The van der Waals surface area contributed by atoms with Crippen molar-refractivity contribution >= 4 is 5.91 Å². The van der Waals surface area contributed by atoms with Crippen LogP contribution in [-0.2, 0) is 4.74 Å². The summed E-state index contributed by atoms with van der Waals surface area (Å²) in [6.07, 6.45) is 6.83. The van der Waals surface area contributed by atoms with Crippen molar-refractivity contribution in [3.63, 3.8) is 0 Å². The molecule has 1 fully saturated rings. The number of aromatic nitrogens is 3. The molecule has 6 nitrogen and oxygen atoms in total. The number of ether oxygens (including phenoxy) is 1. The monoisotopic (exact) mass is 300 g/mol. The Kier molecular flexibility index (Phi) is 3.70. The number of carbonyl (C=O) groups excluding carboxylic acids is 1. The zero-order valence-corrected chi connectivity index (χ0v) is 13.1. The predicted octanol–water partition coefficient (Wildman–Crippen LogP) is 1.91. The van der Waals surface area contributed by atoms with Crippen LogP contribution >= 0.6 is 0 Å². The molecule has 3 heterocycles. The van der Waals surface area contributed by atoms with Gasteiger partial charge in [0.1, 0.15) is 12.1 Å². The first-order chi connectivity index (χ1) is 10.4. The SMILES string of the molecule is C[C@H]1CN(C(=O)c2ccc(-n3ccnc3)nc2)CC(C)(C)O1. The lowest BCUT2D eigenvalue weighted by Gasteiger charge is -2.41. The molecule has 1 atom stereocenters. The molecule has 3 rings (SSSR count). The fourth-order valence-electron chi connectivity index (χ4n) is 2.85. The Balaban J connectivity index is 1.77. The zero-order valence-electron chi connectivity index (χ0n) is 13.1. The molecule has 1 aliphatic heterocycles. The quantitative estimate of drug-likeness (QED) is 0.850. The van der Waals surface area contributed by atoms with E-state index < -0.39 is 0 Å². The van der Waals surface area contributed by atoms with Crippen molar-refractivity contribution in [1.82, 2.24) is 19.4 Å². The van der Waals surface area contributed by atoms with Gasteiger partial charge in [0.25, 0.3) is 5.91 Å². The van der Waals surface area contributed by atoms with Crippen LogP contribution < -0.4 is 0 Å². The van der Waals surface area contributed by atoms with Crippen molar-refractivity contribution in [2.24, 2.45) is 0 Å². The molecule has 0 unspecified atom stereocenters. The minimum atomic E-state index is -0.322. The highest BCUT2D eigenvalue weighted by Gasteiger charge is 2.34.